The minimum atomic E-state index is -0.413. The number of fused-ring (bicyclic) bond motifs is 1. The van der Waals surface area contributed by atoms with Gasteiger partial charge in [-0.2, -0.15) is 10.1 Å². The number of H-pyrrole nitrogens is 1. The summed E-state index contributed by atoms with van der Waals surface area (Å²) in [4.78, 5) is 47.0. The van der Waals surface area contributed by atoms with Crippen LogP contribution in [0.2, 0.25) is 0 Å². The Hall–Kier alpha value is -6.01. The second-order valence-electron chi connectivity index (χ2n) is 14.0. The SMILES string of the molecule is Cc1cc(-c2[nH]nc3ncc(-c4ccc(C5CCN(CCc6ccc(C7CCC(=O)NC7=O)cc6)CC5)cc4)cc23)ccc1CNC(=O)c1ncno1. The predicted molar refractivity (Wildman–Crippen MR) is 199 cm³/mol. The van der Waals surface area contributed by atoms with E-state index in [1.54, 1.807) is 0 Å². The van der Waals surface area contributed by atoms with Gasteiger partial charge in [0.25, 0.3) is 0 Å². The van der Waals surface area contributed by atoms with Crippen LogP contribution in [0.15, 0.2) is 89.8 Å². The van der Waals surface area contributed by atoms with Crippen LogP contribution in [-0.4, -0.2) is 67.6 Å². The second kappa shape index (κ2) is 14.9. The first kappa shape index (κ1) is 34.1. The number of likely N-dealkylation sites (tertiary alicyclic amines) is 1. The first-order valence-electron chi connectivity index (χ1n) is 18.1. The number of benzene rings is 3. The molecule has 1 atom stereocenters. The van der Waals surface area contributed by atoms with Crippen LogP contribution in [0.25, 0.3) is 33.4 Å². The zero-order valence-electron chi connectivity index (χ0n) is 29.5. The monoisotopic (exact) mass is 708 g/mol. The van der Waals surface area contributed by atoms with E-state index < -0.39 is 5.91 Å². The van der Waals surface area contributed by atoms with E-state index in [0.29, 0.717) is 31.0 Å². The molecule has 5 heterocycles. The minimum absolute atomic E-state index is 0.0656. The molecule has 3 amide bonds. The van der Waals surface area contributed by atoms with Gasteiger partial charge in [0.2, 0.25) is 11.8 Å². The maximum Gasteiger partial charge on any atom is 0.315 e. The molecule has 12 heteroatoms. The number of pyridine rings is 1. The summed E-state index contributed by atoms with van der Waals surface area (Å²) in [5, 5.41) is 17.3. The van der Waals surface area contributed by atoms with Crippen LogP contribution in [0, 0.1) is 6.92 Å². The highest BCUT2D eigenvalue weighted by atomic mass is 16.5. The van der Waals surface area contributed by atoms with Crippen LogP contribution in [-0.2, 0) is 22.6 Å². The standard InChI is InChI=1S/C41H40N8O4/c1-25-20-31(10-11-32(25)22-43-40(52)41-44-24-45-53-41)37-35-21-33(23-42-38(35)48-47-37)28-8-6-27(7-9-28)29-15-18-49(19-16-29)17-14-26-2-4-30(5-3-26)34-12-13-36(50)46-39(34)51/h2-11,20-21,23-24,29,34H,12-19,22H2,1H3,(H,43,52)(H,42,47,48)(H,46,50,51). The Morgan fingerprint density at radius 3 is 2.42 bits per heavy atom. The number of nitrogens with one attached hydrogen (secondary N) is 3. The van der Waals surface area contributed by atoms with Crippen LogP contribution in [0.3, 0.4) is 0 Å². The van der Waals surface area contributed by atoms with Crippen molar-refractivity contribution >= 4 is 28.8 Å². The molecule has 268 valence electrons. The van der Waals surface area contributed by atoms with E-state index in [1.165, 1.54) is 17.5 Å². The number of amides is 3. The normalized spacial score (nSPS) is 16.9. The number of carbonyl (C=O) groups excluding carboxylic acids is 3. The van der Waals surface area contributed by atoms with Gasteiger partial charge in [0, 0.05) is 42.2 Å². The number of nitrogens with zero attached hydrogens (tertiary/aromatic N) is 5. The largest absolute Gasteiger partial charge is 0.344 e. The molecule has 12 nitrogen and oxygen atoms in total. The number of aryl methyl sites for hydroxylation is 1. The third-order valence-corrected chi connectivity index (χ3v) is 10.7. The van der Waals surface area contributed by atoms with Crippen molar-refractivity contribution in [2.45, 2.75) is 57.4 Å². The number of piperidine rings is 2. The summed E-state index contributed by atoms with van der Waals surface area (Å²) in [6.07, 6.45) is 7.28. The average molecular weight is 709 g/mol. The van der Waals surface area contributed by atoms with E-state index >= 15 is 0 Å². The molecule has 2 saturated heterocycles. The first-order chi connectivity index (χ1) is 25.9. The van der Waals surface area contributed by atoms with Crippen LogP contribution in [0.4, 0.5) is 0 Å². The fourth-order valence-corrected chi connectivity index (χ4v) is 7.50. The lowest BCUT2D eigenvalue weighted by Crippen LogP contribution is -2.39. The summed E-state index contributed by atoms with van der Waals surface area (Å²) in [5.74, 6) is -0.548. The first-order valence-corrected chi connectivity index (χ1v) is 18.1. The third-order valence-electron chi connectivity index (χ3n) is 10.7. The Balaban J connectivity index is 0.859. The molecule has 2 aliphatic heterocycles. The Morgan fingerprint density at radius 2 is 1.68 bits per heavy atom. The van der Waals surface area contributed by atoms with E-state index in [1.807, 2.05) is 37.4 Å². The highest BCUT2D eigenvalue weighted by Crippen LogP contribution is 2.33. The van der Waals surface area contributed by atoms with Crippen LogP contribution >= 0.6 is 0 Å². The molecular formula is C41H40N8O4. The molecular weight excluding hydrogens is 669 g/mol. The molecule has 0 spiro atoms. The van der Waals surface area contributed by atoms with Crippen molar-refractivity contribution in [2.24, 2.45) is 0 Å². The van der Waals surface area contributed by atoms with Gasteiger partial charge < -0.3 is 14.7 Å². The maximum atomic E-state index is 12.2. The van der Waals surface area contributed by atoms with Crippen LogP contribution in [0.5, 0.6) is 0 Å². The number of hydrogen-bond donors (Lipinski definition) is 3. The van der Waals surface area contributed by atoms with Gasteiger partial charge in [-0.05, 0) is 97.1 Å². The summed E-state index contributed by atoms with van der Waals surface area (Å²) in [7, 11) is 0. The van der Waals surface area contributed by atoms with E-state index in [-0.39, 0.29) is 23.6 Å². The molecule has 1 unspecified atom stereocenters. The predicted octanol–water partition coefficient (Wildman–Crippen LogP) is 5.86. The molecule has 8 rings (SSSR count). The molecule has 2 fully saturated rings. The van der Waals surface area contributed by atoms with Crippen molar-refractivity contribution in [3.63, 3.8) is 0 Å². The summed E-state index contributed by atoms with van der Waals surface area (Å²) >= 11 is 0. The highest BCUT2D eigenvalue weighted by molar-refractivity contribution is 6.01. The molecule has 0 saturated carbocycles. The molecule has 0 aliphatic carbocycles. The smallest absolute Gasteiger partial charge is 0.315 e. The van der Waals surface area contributed by atoms with Crippen molar-refractivity contribution in [3.05, 3.63) is 119 Å². The van der Waals surface area contributed by atoms with E-state index in [2.05, 4.69) is 89.4 Å². The number of aromatic amines is 1. The number of rotatable bonds is 10. The lowest BCUT2D eigenvalue weighted by atomic mass is 9.88. The zero-order valence-corrected chi connectivity index (χ0v) is 29.5. The van der Waals surface area contributed by atoms with Crippen LogP contribution < -0.4 is 10.6 Å². The van der Waals surface area contributed by atoms with Crippen molar-refractivity contribution in [2.75, 3.05) is 19.6 Å². The second-order valence-corrected chi connectivity index (χ2v) is 14.0. The molecule has 0 radical (unpaired) electrons. The van der Waals surface area contributed by atoms with Gasteiger partial charge in [0.15, 0.2) is 12.0 Å². The summed E-state index contributed by atoms with van der Waals surface area (Å²) < 4.78 is 4.83. The zero-order chi connectivity index (χ0) is 36.3. The van der Waals surface area contributed by atoms with E-state index in [4.69, 9.17) is 4.52 Å². The summed E-state index contributed by atoms with van der Waals surface area (Å²) in [6.45, 7) is 5.50. The van der Waals surface area contributed by atoms with Crippen molar-refractivity contribution in [3.8, 4) is 22.4 Å². The van der Waals surface area contributed by atoms with Gasteiger partial charge in [0.1, 0.15) is 0 Å². The Bertz CT molecular complexity index is 2260. The summed E-state index contributed by atoms with van der Waals surface area (Å²) in [5.41, 5.74) is 10.3. The number of hydrogen-bond acceptors (Lipinski definition) is 9. The molecule has 3 aromatic carbocycles. The fraction of sp³-hybridized carbons (Fsp3) is 0.293. The Morgan fingerprint density at radius 1 is 0.906 bits per heavy atom. The quantitative estimate of drug-likeness (QED) is 0.148. The van der Waals surface area contributed by atoms with Crippen molar-refractivity contribution < 1.29 is 18.9 Å². The molecule has 53 heavy (non-hydrogen) atoms. The molecule has 3 aromatic heterocycles. The molecule has 0 bridgehead atoms. The van der Waals surface area contributed by atoms with Gasteiger partial charge in [0.05, 0.1) is 11.6 Å². The number of imide groups is 1. The third kappa shape index (κ3) is 7.49. The maximum absolute atomic E-state index is 12.2. The lowest BCUT2D eigenvalue weighted by molar-refractivity contribution is -0.134. The van der Waals surface area contributed by atoms with Crippen molar-refractivity contribution in [1.82, 2.24) is 40.9 Å². The Kier molecular flexibility index (Phi) is 9.60. The molecule has 3 N–H and O–H groups in total. The van der Waals surface area contributed by atoms with Gasteiger partial charge in [-0.1, -0.05) is 65.8 Å². The summed E-state index contributed by atoms with van der Waals surface area (Å²) in [6, 6.07) is 25.5. The fourth-order valence-electron chi connectivity index (χ4n) is 7.50. The highest BCUT2D eigenvalue weighted by Gasteiger charge is 2.28. The molecule has 6 aromatic rings. The number of aromatic nitrogens is 5. The van der Waals surface area contributed by atoms with Crippen LogP contribution in [0.1, 0.15) is 76.0 Å². The van der Waals surface area contributed by atoms with Gasteiger partial charge >= 0.3 is 11.8 Å². The minimum Gasteiger partial charge on any atom is -0.344 e. The van der Waals surface area contributed by atoms with Gasteiger partial charge in [-0.25, -0.2) is 4.98 Å². The lowest BCUT2D eigenvalue weighted by Gasteiger charge is -2.32. The van der Waals surface area contributed by atoms with Gasteiger partial charge in [-0.3, -0.25) is 24.8 Å². The van der Waals surface area contributed by atoms with E-state index in [9.17, 15) is 14.4 Å². The Labute approximate surface area is 306 Å². The van der Waals surface area contributed by atoms with Gasteiger partial charge in [-0.15, -0.1) is 0 Å². The van der Waals surface area contributed by atoms with E-state index in [0.717, 1.165) is 83.4 Å². The molecule has 2 aliphatic rings. The average Bonchev–Trinajstić information content (AvgIpc) is 3.88. The topological polar surface area (TPSA) is 159 Å². The number of carbonyl (C=O) groups is 3. The van der Waals surface area contributed by atoms with Crippen molar-refractivity contribution in [1.29, 1.82) is 0 Å².